The summed E-state index contributed by atoms with van der Waals surface area (Å²) in [6, 6.07) is 0. The molecule has 2 heterocycles. The van der Waals surface area contributed by atoms with Crippen LogP contribution >= 0.6 is 23.6 Å². The number of H-pyrrole nitrogens is 2. The molecule has 0 aliphatic rings. The quantitative estimate of drug-likeness (QED) is 0.828. The van der Waals surface area contributed by atoms with Crippen LogP contribution in [-0.2, 0) is 6.42 Å². The second-order valence-corrected chi connectivity index (χ2v) is 5.18. The van der Waals surface area contributed by atoms with Gasteiger partial charge in [-0.2, -0.15) is 4.98 Å². The number of anilines is 1. The average molecular weight is 283 g/mol. The van der Waals surface area contributed by atoms with Crippen LogP contribution in [-0.4, -0.2) is 33.3 Å². The summed E-state index contributed by atoms with van der Waals surface area (Å²) in [7, 11) is 0. The van der Waals surface area contributed by atoms with Gasteiger partial charge in [0.15, 0.2) is 11.0 Å². The molecule has 2 rings (SSSR count). The third-order valence-corrected chi connectivity index (χ3v) is 4.13. The number of aromatic amines is 2. The number of aromatic nitrogens is 4. The van der Waals surface area contributed by atoms with E-state index in [-0.39, 0.29) is 0 Å². The maximum absolute atomic E-state index is 4.99. The molecule has 2 aromatic heterocycles. The molecule has 0 unspecified atom stereocenters. The molecule has 0 amide bonds. The predicted octanol–water partition coefficient (Wildman–Crippen LogP) is 3.00. The molecule has 0 aliphatic carbocycles. The van der Waals surface area contributed by atoms with Gasteiger partial charge in [0.1, 0.15) is 0 Å². The van der Waals surface area contributed by atoms with E-state index in [1.54, 1.807) is 11.3 Å². The molecule has 0 fully saturated rings. The van der Waals surface area contributed by atoms with E-state index in [0.717, 1.165) is 41.0 Å². The van der Waals surface area contributed by atoms with E-state index in [4.69, 9.17) is 17.2 Å². The van der Waals surface area contributed by atoms with Crippen LogP contribution in [0.5, 0.6) is 0 Å². The highest BCUT2D eigenvalue weighted by molar-refractivity contribution is 7.71. The lowest BCUT2D eigenvalue weighted by Gasteiger charge is -2.16. The smallest absolute Gasteiger partial charge is 0.213 e. The van der Waals surface area contributed by atoms with Gasteiger partial charge >= 0.3 is 0 Å². The Morgan fingerprint density at radius 3 is 2.39 bits per heavy atom. The fourth-order valence-electron chi connectivity index (χ4n) is 1.77. The SMILES string of the molecule is CCc1nc(N(CC)CC)sc1-c1nc(=S)[nH][nH]1. The summed E-state index contributed by atoms with van der Waals surface area (Å²) in [6.45, 7) is 8.30. The van der Waals surface area contributed by atoms with E-state index in [2.05, 4.69) is 40.9 Å². The van der Waals surface area contributed by atoms with Crippen LogP contribution in [0, 0.1) is 4.77 Å². The van der Waals surface area contributed by atoms with Gasteiger partial charge in [0.05, 0.1) is 10.6 Å². The zero-order valence-corrected chi connectivity index (χ0v) is 12.4. The Balaban J connectivity index is 2.44. The van der Waals surface area contributed by atoms with Gasteiger partial charge in [-0.25, -0.2) is 4.98 Å². The number of rotatable bonds is 5. The second kappa shape index (κ2) is 5.62. The van der Waals surface area contributed by atoms with Crippen LogP contribution in [0.25, 0.3) is 10.7 Å². The van der Waals surface area contributed by atoms with E-state index in [1.165, 1.54) is 0 Å². The average Bonchev–Trinajstić information content (AvgIpc) is 2.97. The van der Waals surface area contributed by atoms with Gasteiger partial charge in [0, 0.05) is 13.1 Å². The summed E-state index contributed by atoms with van der Waals surface area (Å²) in [5.41, 5.74) is 1.07. The normalized spacial score (nSPS) is 10.8. The van der Waals surface area contributed by atoms with E-state index >= 15 is 0 Å². The van der Waals surface area contributed by atoms with Gasteiger partial charge in [0.2, 0.25) is 4.77 Å². The number of hydrogen-bond donors (Lipinski definition) is 2. The molecule has 18 heavy (non-hydrogen) atoms. The van der Waals surface area contributed by atoms with Crippen molar-refractivity contribution < 1.29 is 0 Å². The van der Waals surface area contributed by atoms with Gasteiger partial charge in [-0.3, -0.25) is 10.2 Å². The highest BCUT2D eigenvalue weighted by Crippen LogP contribution is 2.33. The Morgan fingerprint density at radius 1 is 1.17 bits per heavy atom. The predicted molar refractivity (Wildman–Crippen MR) is 77.8 cm³/mol. The van der Waals surface area contributed by atoms with E-state index in [1.807, 2.05) is 0 Å². The van der Waals surface area contributed by atoms with Crippen molar-refractivity contribution in [2.75, 3.05) is 18.0 Å². The molecule has 7 heteroatoms. The lowest BCUT2D eigenvalue weighted by Crippen LogP contribution is -2.21. The van der Waals surface area contributed by atoms with Crippen molar-refractivity contribution in [2.24, 2.45) is 0 Å². The lowest BCUT2D eigenvalue weighted by atomic mass is 10.3. The summed E-state index contributed by atoms with van der Waals surface area (Å²) in [6.07, 6.45) is 0.889. The molecule has 0 bridgehead atoms. The highest BCUT2D eigenvalue weighted by atomic mass is 32.1. The Morgan fingerprint density at radius 2 is 1.89 bits per heavy atom. The fraction of sp³-hybridized carbons (Fsp3) is 0.545. The zero-order valence-electron chi connectivity index (χ0n) is 10.8. The first kappa shape index (κ1) is 13.2. The standard InChI is InChI=1S/C11H17N5S2/c1-4-7-8(9-13-10(17)15-14-9)18-11(12-7)16(5-2)6-3/h4-6H2,1-3H3,(H2,13,14,15,17). The van der Waals surface area contributed by atoms with Gasteiger partial charge < -0.3 is 4.90 Å². The summed E-state index contributed by atoms with van der Waals surface area (Å²) in [4.78, 5) is 12.3. The van der Waals surface area contributed by atoms with Crippen molar-refractivity contribution in [1.29, 1.82) is 0 Å². The molecule has 98 valence electrons. The molecule has 2 N–H and O–H groups in total. The molecule has 0 saturated carbocycles. The van der Waals surface area contributed by atoms with Crippen molar-refractivity contribution in [3.63, 3.8) is 0 Å². The minimum Gasteiger partial charge on any atom is -0.349 e. The number of aryl methyl sites for hydroxylation is 1. The first-order chi connectivity index (χ1) is 8.69. The number of nitrogens with zero attached hydrogens (tertiary/aromatic N) is 3. The topological polar surface area (TPSA) is 60.6 Å². The van der Waals surface area contributed by atoms with Gasteiger partial charge in [0.25, 0.3) is 0 Å². The zero-order chi connectivity index (χ0) is 13.1. The first-order valence-corrected chi connectivity index (χ1v) is 7.31. The number of thiazole rings is 1. The molecule has 0 radical (unpaired) electrons. The number of nitrogens with one attached hydrogen (secondary N) is 2. The number of hydrogen-bond acceptors (Lipinski definition) is 5. The molecule has 2 aromatic rings. The van der Waals surface area contributed by atoms with Gasteiger partial charge in [-0.1, -0.05) is 18.3 Å². The van der Waals surface area contributed by atoms with E-state index in [9.17, 15) is 0 Å². The molecule has 0 aliphatic heterocycles. The third-order valence-electron chi connectivity index (χ3n) is 2.77. The van der Waals surface area contributed by atoms with E-state index in [0.29, 0.717) is 4.77 Å². The van der Waals surface area contributed by atoms with E-state index < -0.39 is 0 Å². The minimum absolute atomic E-state index is 0.477. The van der Waals surface area contributed by atoms with Crippen molar-refractivity contribution in [1.82, 2.24) is 20.2 Å². The molecular formula is C11H17N5S2. The van der Waals surface area contributed by atoms with Crippen molar-refractivity contribution in [3.05, 3.63) is 10.5 Å². The maximum Gasteiger partial charge on any atom is 0.213 e. The summed E-state index contributed by atoms with van der Waals surface area (Å²) in [5, 5.41) is 6.88. The molecule has 0 atom stereocenters. The Labute approximate surface area is 115 Å². The summed E-state index contributed by atoms with van der Waals surface area (Å²) in [5.74, 6) is 0.785. The van der Waals surface area contributed by atoms with Crippen LogP contribution in [0.2, 0.25) is 0 Å². The molecular weight excluding hydrogens is 266 g/mol. The molecule has 5 nitrogen and oxygen atoms in total. The molecule has 0 saturated heterocycles. The monoisotopic (exact) mass is 283 g/mol. The first-order valence-electron chi connectivity index (χ1n) is 6.09. The fourth-order valence-corrected chi connectivity index (χ4v) is 3.14. The van der Waals surface area contributed by atoms with Crippen molar-refractivity contribution in [3.8, 4) is 10.7 Å². The minimum atomic E-state index is 0.477. The second-order valence-electron chi connectivity index (χ2n) is 3.81. The Bertz CT molecular complexity index is 564. The van der Waals surface area contributed by atoms with Gasteiger partial charge in [-0.15, -0.1) is 0 Å². The van der Waals surface area contributed by atoms with Gasteiger partial charge in [-0.05, 0) is 32.5 Å². The Kier molecular flexibility index (Phi) is 4.13. The van der Waals surface area contributed by atoms with Crippen LogP contribution < -0.4 is 4.90 Å². The van der Waals surface area contributed by atoms with Crippen molar-refractivity contribution in [2.45, 2.75) is 27.2 Å². The molecule has 0 spiro atoms. The van der Waals surface area contributed by atoms with Crippen LogP contribution in [0.4, 0.5) is 5.13 Å². The van der Waals surface area contributed by atoms with Crippen molar-refractivity contribution >= 4 is 28.7 Å². The van der Waals surface area contributed by atoms with Crippen LogP contribution in [0.3, 0.4) is 0 Å². The maximum atomic E-state index is 4.99. The Hall–Kier alpha value is -1.21. The van der Waals surface area contributed by atoms with Crippen LogP contribution in [0.15, 0.2) is 0 Å². The highest BCUT2D eigenvalue weighted by Gasteiger charge is 2.16. The lowest BCUT2D eigenvalue weighted by molar-refractivity contribution is 0.854. The summed E-state index contributed by atoms with van der Waals surface area (Å²) < 4.78 is 0.477. The third kappa shape index (κ3) is 2.46. The summed E-state index contributed by atoms with van der Waals surface area (Å²) >= 11 is 6.65. The molecule has 0 aromatic carbocycles. The largest absolute Gasteiger partial charge is 0.349 e. The van der Waals surface area contributed by atoms with Crippen LogP contribution in [0.1, 0.15) is 26.5 Å².